The molecule has 1 N–H and O–H groups in total. The van der Waals surface area contributed by atoms with Crippen LogP contribution in [0.4, 0.5) is 0 Å². The van der Waals surface area contributed by atoms with Gasteiger partial charge in [0.05, 0.1) is 0 Å². The molecule has 1 fully saturated rings. The molecule has 0 radical (unpaired) electrons. The lowest BCUT2D eigenvalue weighted by Crippen LogP contribution is -2.42. The molecule has 7 heteroatoms. The Morgan fingerprint density at radius 3 is 2.79 bits per heavy atom. The average Bonchev–Trinajstić information content (AvgIpc) is 3.22. The minimum atomic E-state index is -0.216. The zero-order valence-corrected chi connectivity index (χ0v) is 17.8. The maximum atomic E-state index is 12.8. The fraction of sp³-hybridized carbons (Fsp3) is 0.636. The van der Waals surface area contributed by atoms with Crippen molar-refractivity contribution in [2.75, 3.05) is 33.5 Å². The second-order valence-electron chi connectivity index (χ2n) is 7.85. The highest BCUT2D eigenvalue weighted by atomic mass is 16.7. The van der Waals surface area contributed by atoms with E-state index in [0.29, 0.717) is 32.6 Å². The van der Waals surface area contributed by atoms with Crippen molar-refractivity contribution in [2.45, 2.75) is 52.1 Å². The van der Waals surface area contributed by atoms with Gasteiger partial charge in [-0.2, -0.15) is 0 Å². The lowest BCUT2D eigenvalue weighted by molar-refractivity contribution is -0.140. The Bertz CT molecular complexity index is 720. The largest absolute Gasteiger partial charge is 0.454 e. The van der Waals surface area contributed by atoms with Crippen LogP contribution in [0.5, 0.6) is 11.5 Å². The molecule has 0 unspecified atom stereocenters. The molecular formula is C22H33N3O4. The molecule has 0 aliphatic carbocycles. The third kappa shape index (κ3) is 5.21. The Balaban J connectivity index is 1.62. The van der Waals surface area contributed by atoms with Crippen LogP contribution in [0.3, 0.4) is 0 Å². The highest BCUT2D eigenvalue weighted by Gasteiger charge is 2.29. The van der Waals surface area contributed by atoms with Gasteiger partial charge in [0.15, 0.2) is 11.5 Å². The lowest BCUT2D eigenvalue weighted by atomic mass is 9.95. The van der Waals surface area contributed by atoms with Crippen molar-refractivity contribution in [2.24, 2.45) is 5.92 Å². The Labute approximate surface area is 173 Å². The SMILES string of the molecule is CCN(CC)C(=O)[C@@H]1CCC[C@@H](NCc2cccc3c2OCO3)CN(C)C(=O)C1. The highest BCUT2D eigenvalue weighted by Crippen LogP contribution is 2.35. The van der Waals surface area contributed by atoms with Crippen molar-refractivity contribution in [3.63, 3.8) is 0 Å². The van der Waals surface area contributed by atoms with E-state index < -0.39 is 0 Å². The van der Waals surface area contributed by atoms with Crippen LogP contribution >= 0.6 is 0 Å². The lowest BCUT2D eigenvalue weighted by Gasteiger charge is -2.26. The molecule has 2 aliphatic heterocycles. The molecule has 0 spiro atoms. The predicted octanol–water partition coefficient (Wildman–Crippen LogP) is 2.39. The zero-order valence-electron chi connectivity index (χ0n) is 17.8. The number of rotatable bonds is 6. The monoisotopic (exact) mass is 403 g/mol. The van der Waals surface area contributed by atoms with Crippen LogP contribution in [0.25, 0.3) is 0 Å². The third-order valence-corrected chi connectivity index (χ3v) is 5.93. The summed E-state index contributed by atoms with van der Waals surface area (Å²) in [4.78, 5) is 29.1. The van der Waals surface area contributed by atoms with Crippen molar-refractivity contribution in [1.29, 1.82) is 0 Å². The van der Waals surface area contributed by atoms with Crippen LogP contribution < -0.4 is 14.8 Å². The number of amides is 2. The summed E-state index contributed by atoms with van der Waals surface area (Å²) >= 11 is 0. The van der Waals surface area contributed by atoms with E-state index in [1.54, 1.807) is 4.90 Å². The van der Waals surface area contributed by atoms with Crippen LogP contribution in [0.15, 0.2) is 18.2 Å². The van der Waals surface area contributed by atoms with Crippen LogP contribution in [-0.2, 0) is 16.1 Å². The van der Waals surface area contributed by atoms with Gasteiger partial charge in [-0.15, -0.1) is 0 Å². The summed E-state index contributed by atoms with van der Waals surface area (Å²) < 4.78 is 11.0. The Kier molecular flexibility index (Phi) is 7.36. The number of carbonyl (C=O) groups excluding carboxylic acids is 2. The molecule has 160 valence electrons. The van der Waals surface area contributed by atoms with Gasteiger partial charge in [0.2, 0.25) is 18.6 Å². The van der Waals surface area contributed by atoms with Gasteiger partial charge in [-0.1, -0.05) is 18.6 Å². The summed E-state index contributed by atoms with van der Waals surface area (Å²) in [6.45, 7) is 6.90. The Morgan fingerprint density at radius 1 is 1.24 bits per heavy atom. The summed E-state index contributed by atoms with van der Waals surface area (Å²) in [6, 6.07) is 6.07. The van der Waals surface area contributed by atoms with Crippen molar-refractivity contribution in [3.05, 3.63) is 23.8 Å². The van der Waals surface area contributed by atoms with Gasteiger partial charge >= 0.3 is 0 Å². The van der Waals surface area contributed by atoms with Crippen molar-refractivity contribution < 1.29 is 19.1 Å². The van der Waals surface area contributed by atoms with Crippen LogP contribution in [0, 0.1) is 5.92 Å². The molecule has 3 rings (SSSR count). The molecule has 2 atom stereocenters. The van der Waals surface area contributed by atoms with Crippen LogP contribution in [0.2, 0.25) is 0 Å². The topological polar surface area (TPSA) is 71.1 Å². The number of ether oxygens (including phenoxy) is 2. The Morgan fingerprint density at radius 2 is 2.03 bits per heavy atom. The van der Waals surface area contributed by atoms with E-state index in [0.717, 1.165) is 36.3 Å². The normalized spacial score (nSPS) is 22.0. The molecule has 0 saturated carbocycles. The van der Waals surface area contributed by atoms with Crippen molar-refractivity contribution >= 4 is 11.8 Å². The predicted molar refractivity (Wildman–Crippen MR) is 111 cm³/mol. The highest BCUT2D eigenvalue weighted by molar-refractivity contribution is 5.85. The first kappa shape index (κ1) is 21.4. The van der Waals surface area contributed by atoms with E-state index in [4.69, 9.17) is 9.47 Å². The first-order valence-corrected chi connectivity index (χ1v) is 10.7. The van der Waals surface area contributed by atoms with Gasteiger partial charge in [0, 0.05) is 57.2 Å². The van der Waals surface area contributed by atoms with E-state index in [9.17, 15) is 9.59 Å². The van der Waals surface area contributed by atoms with E-state index in [1.807, 2.05) is 44.0 Å². The van der Waals surface area contributed by atoms with Crippen LogP contribution in [0.1, 0.15) is 45.1 Å². The zero-order chi connectivity index (χ0) is 20.8. The average molecular weight is 404 g/mol. The van der Waals surface area contributed by atoms with E-state index in [1.165, 1.54) is 0 Å². The number of hydrogen-bond acceptors (Lipinski definition) is 5. The molecule has 2 amide bonds. The number of nitrogens with zero attached hydrogens (tertiary/aromatic N) is 2. The molecule has 0 aromatic heterocycles. The second-order valence-corrected chi connectivity index (χ2v) is 7.85. The van der Waals surface area contributed by atoms with E-state index in [2.05, 4.69) is 5.32 Å². The third-order valence-electron chi connectivity index (χ3n) is 5.93. The molecule has 2 aliphatic rings. The Hall–Kier alpha value is -2.28. The molecule has 1 aromatic carbocycles. The summed E-state index contributed by atoms with van der Waals surface area (Å²) in [6.07, 6.45) is 2.90. The van der Waals surface area contributed by atoms with Gasteiger partial charge in [0.25, 0.3) is 0 Å². The van der Waals surface area contributed by atoms with Gasteiger partial charge in [-0.25, -0.2) is 0 Å². The fourth-order valence-corrected chi connectivity index (χ4v) is 4.16. The second kappa shape index (κ2) is 9.96. The molecule has 1 saturated heterocycles. The summed E-state index contributed by atoms with van der Waals surface area (Å²) in [5.74, 6) is 1.52. The molecule has 0 bridgehead atoms. The molecule has 7 nitrogen and oxygen atoms in total. The quantitative estimate of drug-likeness (QED) is 0.790. The van der Waals surface area contributed by atoms with Gasteiger partial charge in [-0.3, -0.25) is 9.59 Å². The minimum Gasteiger partial charge on any atom is -0.454 e. The summed E-state index contributed by atoms with van der Waals surface area (Å²) in [7, 11) is 1.83. The van der Waals surface area contributed by atoms with Gasteiger partial charge in [-0.05, 0) is 32.8 Å². The summed E-state index contributed by atoms with van der Waals surface area (Å²) in [5.41, 5.74) is 1.06. The number of likely N-dealkylation sites (N-methyl/N-ethyl adjacent to an activating group) is 1. The molecule has 29 heavy (non-hydrogen) atoms. The molecular weight excluding hydrogens is 370 g/mol. The summed E-state index contributed by atoms with van der Waals surface area (Å²) in [5, 5.41) is 3.58. The molecule has 1 aromatic rings. The standard InChI is InChI=1S/C22H33N3O4/c1-4-25(5-2)22(27)16-8-6-10-18(14-24(3)20(26)12-16)23-13-17-9-7-11-19-21(17)29-15-28-19/h7,9,11,16,18,23H,4-6,8,10,12-15H2,1-3H3/t16-,18-/m1/s1. The maximum Gasteiger partial charge on any atom is 0.231 e. The fourth-order valence-electron chi connectivity index (χ4n) is 4.16. The number of fused-ring (bicyclic) bond motifs is 1. The van der Waals surface area contributed by atoms with Crippen molar-refractivity contribution in [1.82, 2.24) is 15.1 Å². The van der Waals surface area contributed by atoms with Crippen LogP contribution in [-0.4, -0.2) is 61.1 Å². The van der Waals surface area contributed by atoms with Gasteiger partial charge in [0.1, 0.15) is 0 Å². The van der Waals surface area contributed by atoms with Gasteiger partial charge < -0.3 is 24.6 Å². The minimum absolute atomic E-state index is 0.0431. The first-order chi connectivity index (χ1) is 14.0. The smallest absolute Gasteiger partial charge is 0.231 e. The maximum absolute atomic E-state index is 12.8. The number of benzene rings is 1. The number of nitrogens with one attached hydrogen (secondary N) is 1. The number of hydrogen-bond donors (Lipinski definition) is 1. The number of carbonyl (C=O) groups is 2. The van der Waals surface area contributed by atoms with Crippen molar-refractivity contribution in [3.8, 4) is 11.5 Å². The number of para-hydroxylation sites is 1. The molecule has 2 heterocycles. The first-order valence-electron chi connectivity index (χ1n) is 10.7. The van der Waals surface area contributed by atoms with E-state index >= 15 is 0 Å². The van der Waals surface area contributed by atoms with E-state index in [-0.39, 0.29) is 30.6 Å².